The van der Waals surface area contributed by atoms with Crippen molar-refractivity contribution >= 4 is 57.9 Å². The summed E-state index contributed by atoms with van der Waals surface area (Å²) in [4.78, 5) is 68.9. The van der Waals surface area contributed by atoms with Gasteiger partial charge < -0.3 is 40.0 Å². The molecular weight excluding hydrogens is 949 g/mol. The number of nitrogens with zero attached hydrogens (tertiary/aromatic N) is 2. The second kappa shape index (κ2) is 25.6. The number of thioether (sulfide) groups is 1. The van der Waals surface area contributed by atoms with E-state index in [-0.39, 0.29) is 49.1 Å². The van der Waals surface area contributed by atoms with E-state index in [1.165, 1.54) is 11.8 Å². The Morgan fingerprint density at radius 2 is 1.47 bits per heavy atom. The van der Waals surface area contributed by atoms with Crippen LogP contribution in [0.1, 0.15) is 63.4 Å². The minimum atomic E-state index is -2.28. The standard InChI is InChI=1S/C52H73F2N5O8SSi2/c1-37(70(8,9)10)52(48(62)63,36-56-50(65)67-34-39-20-15-12-16-21-39)57-45(60)24-28-68-35-46(61)59(26-17-25-55-49(64)66-27-29-69(5,6)7)47(51(2,3)4)44-30-40(42-31-41(53)22-23-43(42)54)33-58(44)32-38-18-13-11-14-19-38/h11-16,18-23,30-31,33,37,47H,17,24-29,32,34-36H2,1-10H3,(H,55,64)(H,56,65)(H,57,60)(H,62,63)/t37?,47-,52-/m0/s1. The van der Waals surface area contributed by atoms with Crippen LogP contribution in [0.5, 0.6) is 0 Å². The van der Waals surface area contributed by atoms with Gasteiger partial charge in [-0.2, -0.15) is 11.8 Å². The molecule has 0 saturated heterocycles. The number of alkyl carbamates (subject to hydrolysis) is 2. The fourth-order valence-corrected chi connectivity index (χ4v) is 11.3. The van der Waals surface area contributed by atoms with Crippen LogP contribution in [0.25, 0.3) is 11.1 Å². The second-order valence-electron chi connectivity index (χ2n) is 21.1. The van der Waals surface area contributed by atoms with Crippen molar-refractivity contribution in [3.63, 3.8) is 0 Å². The Balaban J connectivity index is 1.58. The van der Waals surface area contributed by atoms with E-state index >= 15 is 4.39 Å². The summed E-state index contributed by atoms with van der Waals surface area (Å²) in [5.74, 6) is -3.20. The van der Waals surface area contributed by atoms with Gasteiger partial charge in [0.05, 0.1) is 33.0 Å². The molecule has 0 radical (unpaired) electrons. The number of rotatable bonds is 25. The fraction of sp³-hybridized carbons (Fsp3) is 0.481. The van der Waals surface area contributed by atoms with Crippen molar-refractivity contribution in [2.24, 2.45) is 5.41 Å². The van der Waals surface area contributed by atoms with Crippen LogP contribution in [0, 0.1) is 17.0 Å². The van der Waals surface area contributed by atoms with E-state index in [0.29, 0.717) is 30.8 Å². The number of carboxylic acid groups (broad SMARTS) is 1. The Morgan fingerprint density at radius 3 is 2.07 bits per heavy atom. The van der Waals surface area contributed by atoms with E-state index in [0.717, 1.165) is 35.4 Å². The van der Waals surface area contributed by atoms with Crippen LogP contribution >= 0.6 is 11.8 Å². The number of nitrogens with one attached hydrogen (secondary N) is 3. The molecule has 3 aromatic carbocycles. The number of aliphatic carboxylic acids is 1. The summed E-state index contributed by atoms with van der Waals surface area (Å²) in [7, 11) is -3.71. The molecule has 18 heteroatoms. The smallest absolute Gasteiger partial charge is 0.407 e. The summed E-state index contributed by atoms with van der Waals surface area (Å²) in [5.41, 5.74) is -0.0946. The molecule has 0 aliphatic carbocycles. The monoisotopic (exact) mass is 1020 g/mol. The van der Waals surface area contributed by atoms with Crippen LogP contribution in [0.15, 0.2) is 91.1 Å². The van der Waals surface area contributed by atoms with Crippen LogP contribution in [0.4, 0.5) is 18.4 Å². The van der Waals surface area contributed by atoms with Gasteiger partial charge in [-0.25, -0.2) is 23.2 Å². The summed E-state index contributed by atoms with van der Waals surface area (Å²) in [6.07, 6.45) is 0.645. The number of aromatic nitrogens is 1. The minimum Gasteiger partial charge on any atom is -0.479 e. The normalized spacial score (nSPS) is 13.6. The van der Waals surface area contributed by atoms with Gasteiger partial charge in [0.25, 0.3) is 0 Å². The van der Waals surface area contributed by atoms with E-state index in [1.54, 1.807) is 36.2 Å². The van der Waals surface area contributed by atoms with Crippen molar-refractivity contribution in [2.75, 3.05) is 37.7 Å². The highest BCUT2D eigenvalue weighted by Gasteiger charge is 2.50. The first kappa shape index (κ1) is 57.1. The molecule has 1 aromatic heterocycles. The lowest BCUT2D eigenvalue weighted by Gasteiger charge is -2.42. The summed E-state index contributed by atoms with van der Waals surface area (Å²) >= 11 is 1.21. The Bertz CT molecular complexity index is 2370. The third-order valence-corrected chi connectivity index (χ3v) is 18.0. The zero-order valence-electron chi connectivity index (χ0n) is 42.5. The number of hydrogen-bond donors (Lipinski definition) is 4. The van der Waals surface area contributed by atoms with Crippen molar-refractivity contribution in [1.29, 1.82) is 0 Å². The first-order valence-corrected chi connectivity index (χ1v) is 32.2. The molecule has 4 amide bonds. The molecule has 4 N–H and O–H groups in total. The highest BCUT2D eigenvalue weighted by atomic mass is 32.2. The number of halogens is 2. The van der Waals surface area contributed by atoms with Gasteiger partial charge in [-0.1, -0.05) is 128 Å². The molecule has 0 aliphatic heterocycles. The molecule has 382 valence electrons. The lowest BCUT2D eigenvalue weighted by molar-refractivity contribution is -0.147. The van der Waals surface area contributed by atoms with Gasteiger partial charge >= 0.3 is 18.2 Å². The molecule has 0 aliphatic rings. The third kappa shape index (κ3) is 17.4. The van der Waals surface area contributed by atoms with Gasteiger partial charge in [-0.15, -0.1) is 0 Å². The Kier molecular flexibility index (Phi) is 20.9. The highest BCUT2D eigenvalue weighted by molar-refractivity contribution is 7.99. The first-order chi connectivity index (χ1) is 32.8. The number of ether oxygens (including phenoxy) is 2. The lowest BCUT2D eigenvalue weighted by Crippen LogP contribution is -2.66. The first-order valence-electron chi connectivity index (χ1n) is 23.8. The average Bonchev–Trinajstić information content (AvgIpc) is 3.68. The maximum absolute atomic E-state index is 15.4. The summed E-state index contributed by atoms with van der Waals surface area (Å²) in [6.45, 7) is 21.0. The largest absolute Gasteiger partial charge is 0.479 e. The Labute approximate surface area is 418 Å². The molecule has 0 saturated carbocycles. The second-order valence-corrected chi connectivity index (χ2v) is 33.4. The summed E-state index contributed by atoms with van der Waals surface area (Å²) in [5, 5.41) is 18.9. The number of carbonyl (C=O) groups is 5. The maximum atomic E-state index is 15.4. The molecule has 13 nitrogen and oxygen atoms in total. The Hall–Kier alpha value is -5.47. The van der Waals surface area contributed by atoms with Crippen LogP contribution < -0.4 is 16.0 Å². The average molecular weight is 1020 g/mol. The molecule has 0 spiro atoms. The lowest BCUT2D eigenvalue weighted by atomic mass is 9.83. The number of benzene rings is 3. The van der Waals surface area contributed by atoms with Gasteiger partial charge in [0.2, 0.25) is 11.8 Å². The molecule has 4 rings (SSSR count). The van der Waals surface area contributed by atoms with Crippen LogP contribution in [0.3, 0.4) is 0 Å². The number of amides is 4. The SMILES string of the molecule is CC([C@](CNC(=O)OCc1ccccc1)(NC(=O)CCSCC(=O)N(CCCNC(=O)OCC[Si](C)(C)C)[C@@H](c1cc(-c2cc(F)ccc2F)cn1Cc1ccccc1)C(C)(C)C)C(=O)O)[Si](C)(C)C. The number of hydrogen-bond acceptors (Lipinski definition) is 8. The molecule has 1 unspecified atom stereocenters. The fourth-order valence-electron chi connectivity index (χ4n) is 8.01. The van der Waals surface area contributed by atoms with E-state index in [9.17, 15) is 33.5 Å². The van der Waals surface area contributed by atoms with E-state index in [1.807, 2.05) is 93.5 Å². The van der Waals surface area contributed by atoms with E-state index in [2.05, 4.69) is 35.6 Å². The van der Waals surface area contributed by atoms with Gasteiger partial charge in [-0.3, -0.25) is 9.59 Å². The van der Waals surface area contributed by atoms with Crippen LogP contribution in [-0.2, 0) is 37.0 Å². The molecule has 70 heavy (non-hydrogen) atoms. The third-order valence-electron chi connectivity index (χ3n) is 12.2. The summed E-state index contributed by atoms with van der Waals surface area (Å²) in [6, 6.07) is 24.0. The van der Waals surface area contributed by atoms with E-state index in [4.69, 9.17) is 9.47 Å². The van der Waals surface area contributed by atoms with Crippen molar-refractivity contribution in [1.82, 2.24) is 25.4 Å². The maximum Gasteiger partial charge on any atom is 0.407 e. The quantitative estimate of drug-likeness (QED) is 0.0373. The summed E-state index contributed by atoms with van der Waals surface area (Å²) < 4.78 is 42.8. The van der Waals surface area contributed by atoms with Crippen molar-refractivity contribution < 1.29 is 47.3 Å². The number of carbonyl (C=O) groups excluding carboxylic acids is 4. The molecule has 1 heterocycles. The topological polar surface area (TPSA) is 168 Å². The zero-order chi connectivity index (χ0) is 51.9. The van der Waals surface area contributed by atoms with Crippen LogP contribution in [0.2, 0.25) is 50.9 Å². The predicted molar refractivity (Wildman–Crippen MR) is 279 cm³/mol. The van der Waals surface area contributed by atoms with Crippen molar-refractivity contribution in [2.45, 2.75) is 116 Å². The highest BCUT2D eigenvalue weighted by Crippen LogP contribution is 2.42. The molecule has 0 fully saturated rings. The predicted octanol–water partition coefficient (Wildman–Crippen LogP) is 10.6. The van der Waals surface area contributed by atoms with E-state index < -0.39 is 80.9 Å². The van der Waals surface area contributed by atoms with Crippen molar-refractivity contribution in [3.05, 3.63) is 120 Å². The Morgan fingerprint density at radius 1 is 0.843 bits per heavy atom. The van der Waals surface area contributed by atoms with Crippen LogP contribution in [-0.4, -0.2) is 104 Å². The molecule has 4 aromatic rings. The van der Waals surface area contributed by atoms with Gasteiger partial charge in [0.15, 0.2) is 5.54 Å². The minimum absolute atomic E-state index is 0.0205. The molecule has 0 bridgehead atoms. The molecule has 3 atom stereocenters. The van der Waals surface area contributed by atoms with Gasteiger partial charge in [0.1, 0.15) is 18.2 Å². The molecular formula is C52H73F2N5O8SSi2. The van der Waals surface area contributed by atoms with Crippen molar-refractivity contribution in [3.8, 4) is 11.1 Å². The zero-order valence-corrected chi connectivity index (χ0v) is 45.3. The van der Waals surface area contributed by atoms with Gasteiger partial charge in [0, 0.05) is 62.9 Å². The number of carboxylic acids is 1. The van der Waals surface area contributed by atoms with Gasteiger partial charge in [-0.05, 0) is 58.8 Å².